The predicted molar refractivity (Wildman–Crippen MR) is 71.8 cm³/mol. The van der Waals surface area contributed by atoms with Crippen LogP contribution in [0.5, 0.6) is 0 Å². The lowest BCUT2D eigenvalue weighted by Crippen LogP contribution is -2.00. The van der Waals surface area contributed by atoms with Crippen molar-refractivity contribution < 1.29 is 9.31 Å². The molecule has 0 bridgehead atoms. The number of nitro benzene ring substituents is 1. The molecule has 1 N–H and O–H groups in total. The van der Waals surface area contributed by atoms with E-state index in [1.807, 2.05) is 12.1 Å². The third kappa shape index (κ3) is 3.42. The maximum absolute atomic E-state index is 13.4. The van der Waals surface area contributed by atoms with Gasteiger partial charge in [0.2, 0.25) is 5.82 Å². The molecule has 0 atom stereocenters. The first-order valence-corrected chi connectivity index (χ1v) is 5.86. The number of nitrogens with one attached hydrogen (secondary N) is 1. The van der Waals surface area contributed by atoms with E-state index in [-0.39, 0.29) is 0 Å². The van der Waals surface area contributed by atoms with Crippen molar-refractivity contribution in [1.82, 2.24) is 0 Å². The minimum absolute atomic E-state index is 0.481. The highest BCUT2D eigenvalue weighted by Crippen LogP contribution is 2.21. The van der Waals surface area contributed by atoms with Crippen LogP contribution < -0.4 is 5.32 Å². The van der Waals surface area contributed by atoms with Crippen LogP contribution in [0.4, 0.5) is 15.8 Å². The molecule has 0 aliphatic heterocycles. The van der Waals surface area contributed by atoms with Crippen LogP contribution in [0.1, 0.15) is 5.56 Å². The fourth-order valence-corrected chi connectivity index (χ4v) is 1.70. The van der Waals surface area contributed by atoms with Crippen molar-refractivity contribution in [2.45, 2.75) is 6.54 Å². The summed E-state index contributed by atoms with van der Waals surface area (Å²) in [5.74, 6) is -0.855. The molecule has 0 saturated heterocycles. The molecule has 0 radical (unpaired) electrons. The SMILES string of the molecule is O=[N+]([O-])c1ccc(NCc2ccc(Cl)cc2)cc1F. The van der Waals surface area contributed by atoms with E-state index >= 15 is 0 Å². The van der Waals surface area contributed by atoms with Gasteiger partial charge >= 0.3 is 5.69 Å². The Labute approximate surface area is 114 Å². The van der Waals surface area contributed by atoms with Crippen LogP contribution in [0.3, 0.4) is 0 Å². The molecule has 0 saturated carbocycles. The Bertz CT molecular complexity index is 602. The van der Waals surface area contributed by atoms with Crippen LogP contribution >= 0.6 is 11.6 Å². The standard InChI is InChI=1S/C13H10ClFN2O2/c14-10-3-1-9(2-4-10)8-16-11-5-6-13(17(18)19)12(15)7-11/h1-7,16H,8H2. The third-order valence-corrected chi connectivity index (χ3v) is 2.81. The Kier molecular flexibility index (Phi) is 3.97. The summed E-state index contributed by atoms with van der Waals surface area (Å²) in [6, 6.07) is 10.9. The molecule has 0 unspecified atom stereocenters. The number of halogens is 2. The Hall–Kier alpha value is -2.14. The van der Waals surface area contributed by atoms with Crippen molar-refractivity contribution in [1.29, 1.82) is 0 Å². The van der Waals surface area contributed by atoms with Crippen LogP contribution in [-0.2, 0) is 6.54 Å². The summed E-state index contributed by atoms with van der Waals surface area (Å²) in [5, 5.41) is 14.1. The minimum atomic E-state index is -0.855. The van der Waals surface area contributed by atoms with E-state index in [9.17, 15) is 14.5 Å². The molecule has 19 heavy (non-hydrogen) atoms. The Balaban J connectivity index is 2.06. The summed E-state index contributed by atoms with van der Waals surface area (Å²) in [4.78, 5) is 9.73. The van der Waals surface area contributed by atoms with Gasteiger partial charge in [0.05, 0.1) is 4.92 Å². The van der Waals surface area contributed by atoms with Crippen LogP contribution in [-0.4, -0.2) is 4.92 Å². The van der Waals surface area contributed by atoms with E-state index in [4.69, 9.17) is 11.6 Å². The average molecular weight is 281 g/mol. The van der Waals surface area contributed by atoms with Crippen molar-refractivity contribution in [3.63, 3.8) is 0 Å². The van der Waals surface area contributed by atoms with E-state index in [1.165, 1.54) is 6.07 Å². The molecular weight excluding hydrogens is 271 g/mol. The first-order valence-electron chi connectivity index (χ1n) is 5.48. The molecule has 2 aromatic carbocycles. The van der Waals surface area contributed by atoms with E-state index in [2.05, 4.69) is 5.32 Å². The molecule has 0 amide bonds. The topological polar surface area (TPSA) is 55.2 Å². The van der Waals surface area contributed by atoms with Crippen LogP contribution in [0, 0.1) is 15.9 Å². The average Bonchev–Trinajstić information content (AvgIpc) is 2.37. The van der Waals surface area contributed by atoms with Gasteiger partial charge in [0.15, 0.2) is 0 Å². The van der Waals surface area contributed by atoms with Gasteiger partial charge in [-0.3, -0.25) is 10.1 Å². The van der Waals surface area contributed by atoms with Crippen molar-refractivity contribution in [2.75, 3.05) is 5.32 Å². The van der Waals surface area contributed by atoms with Crippen LogP contribution in [0.25, 0.3) is 0 Å². The van der Waals surface area contributed by atoms with Crippen LogP contribution in [0.15, 0.2) is 42.5 Å². The van der Waals surface area contributed by atoms with Gasteiger partial charge in [0, 0.05) is 29.4 Å². The van der Waals surface area contributed by atoms with Crippen molar-refractivity contribution in [3.05, 3.63) is 69.0 Å². The first-order chi connectivity index (χ1) is 9.06. The molecule has 0 aromatic heterocycles. The molecule has 2 aromatic rings. The molecule has 0 aliphatic carbocycles. The lowest BCUT2D eigenvalue weighted by molar-refractivity contribution is -0.387. The second kappa shape index (κ2) is 5.67. The highest BCUT2D eigenvalue weighted by molar-refractivity contribution is 6.30. The first kappa shape index (κ1) is 13.3. The van der Waals surface area contributed by atoms with Gasteiger partial charge in [0.1, 0.15) is 0 Å². The van der Waals surface area contributed by atoms with Gasteiger partial charge in [0.25, 0.3) is 0 Å². The maximum Gasteiger partial charge on any atom is 0.304 e. The van der Waals surface area contributed by atoms with Gasteiger partial charge in [-0.1, -0.05) is 23.7 Å². The number of nitrogens with zero attached hydrogens (tertiary/aromatic N) is 1. The van der Waals surface area contributed by atoms with Crippen molar-refractivity contribution >= 4 is 23.0 Å². The maximum atomic E-state index is 13.4. The molecule has 0 aliphatic rings. The third-order valence-electron chi connectivity index (χ3n) is 2.55. The summed E-state index contributed by atoms with van der Waals surface area (Å²) in [6.45, 7) is 0.481. The molecular formula is C13H10ClFN2O2. The van der Waals surface area contributed by atoms with Gasteiger partial charge < -0.3 is 5.32 Å². The predicted octanol–water partition coefficient (Wildman–Crippen LogP) is 4.00. The number of nitro groups is 1. The molecule has 2 rings (SSSR count). The van der Waals surface area contributed by atoms with Gasteiger partial charge in [-0.2, -0.15) is 4.39 Å². The zero-order chi connectivity index (χ0) is 13.8. The summed E-state index contributed by atoms with van der Waals surface area (Å²) >= 11 is 5.76. The van der Waals surface area contributed by atoms with Gasteiger partial charge in [-0.05, 0) is 23.8 Å². The van der Waals surface area contributed by atoms with Crippen molar-refractivity contribution in [2.24, 2.45) is 0 Å². The lowest BCUT2D eigenvalue weighted by atomic mass is 10.2. The Morgan fingerprint density at radius 3 is 2.47 bits per heavy atom. The zero-order valence-corrected chi connectivity index (χ0v) is 10.5. The normalized spacial score (nSPS) is 10.2. The molecule has 0 fully saturated rings. The Morgan fingerprint density at radius 2 is 1.89 bits per heavy atom. The number of hydrogen-bond donors (Lipinski definition) is 1. The van der Waals surface area contributed by atoms with Crippen LogP contribution in [0.2, 0.25) is 5.02 Å². The summed E-state index contributed by atoms with van der Waals surface area (Å²) in [7, 11) is 0. The second-order valence-electron chi connectivity index (χ2n) is 3.90. The minimum Gasteiger partial charge on any atom is -0.381 e. The van der Waals surface area contributed by atoms with Gasteiger partial charge in [-0.15, -0.1) is 0 Å². The fraction of sp³-hybridized carbons (Fsp3) is 0.0769. The molecule has 0 heterocycles. The quantitative estimate of drug-likeness (QED) is 0.680. The zero-order valence-electron chi connectivity index (χ0n) is 9.77. The highest BCUT2D eigenvalue weighted by Gasteiger charge is 2.13. The second-order valence-corrected chi connectivity index (χ2v) is 4.34. The van der Waals surface area contributed by atoms with Crippen molar-refractivity contribution in [3.8, 4) is 0 Å². The number of hydrogen-bond acceptors (Lipinski definition) is 3. The molecule has 98 valence electrons. The van der Waals surface area contributed by atoms with E-state index in [0.29, 0.717) is 17.3 Å². The summed E-state index contributed by atoms with van der Waals surface area (Å²) < 4.78 is 13.4. The monoisotopic (exact) mass is 280 g/mol. The molecule has 4 nitrogen and oxygen atoms in total. The Morgan fingerprint density at radius 1 is 1.21 bits per heavy atom. The number of benzene rings is 2. The van der Waals surface area contributed by atoms with Gasteiger partial charge in [-0.25, -0.2) is 0 Å². The summed E-state index contributed by atoms with van der Waals surface area (Å²) in [6.07, 6.45) is 0. The highest BCUT2D eigenvalue weighted by atomic mass is 35.5. The lowest BCUT2D eigenvalue weighted by Gasteiger charge is -2.06. The van der Waals surface area contributed by atoms with E-state index in [0.717, 1.165) is 17.7 Å². The molecule has 0 spiro atoms. The van der Waals surface area contributed by atoms with E-state index in [1.54, 1.807) is 12.1 Å². The fourth-order valence-electron chi connectivity index (χ4n) is 1.57. The van der Waals surface area contributed by atoms with E-state index < -0.39 is 16.4 Å². The largest absolute Gasteiger partial charge is 0.381 e. The number of rotatable bonds is 4. The summed E-state index contributed by atoms with van der Waals surface area (Å²) in [5.41, 5.74) is 0.929. The smallest absolute Gasteiger partial charge is 0.304 e. The number of anilines is 1. The molecule has 6 heteroatoms.